The van der Waals surface area contributed by atoms with Crippen molar-refractivity contribution < 1.29 is 4.74 Å². The van der Waals surface area contributed by atoms with E-state index in [1.54, 1.807) is 7.11 Å². The molecule has 1 aromatic carbocycles. The van der Waals surface area contributed by atoms with E-state index in [9.17, 15) is 0 Å². The maximum atomic E-state index is 6.05. The second kappa shape index (κ2) is 10.3. The highest BCUT2D eigenvalue weighted by Crippen LogP contribution is 2.19. The molecular formula is C19H26IN5O. The van der Waals surface area contributed by atoms with Gasteiger partial charge in [-0.2, -0.15) is 0 Å². The van der Waals surface area contributed by atoms with Crippen LogP contribution < -0.4 is 16.0 Å². The first kappa shape index (κ1) is 20.4. The zero-order chi connectivity index (χ0) is 17.5. The van der Waals surface area contributed by atoms with Crippen LogP contribution >= 0.6 is 24.0 Å². The highest BCUT2D eigenvalue weighted by atomic mass is 127. The fraction of sp³-hybridized carbons (Fsp3) is 0.368. The number of methoxy groups -OCH3 is 1. The van der Waals surface area contributed by atoms with Gasteiger partial charge in [-0.1, -0.05) is 18.2 Å². The zero-order valence-electron chi connectivity index (χ0n) is 15.0. The number of pyridine rings is 1. The van der Waals surface area contributed by atoms with Gasteiger partial charge in [0, 0.05) is 37.6 Å². The van der Waals surface area contributed by atoms with Gasteiger partial charge in [0.25, 0.3) is 0 Å². The quantitative estimate of drug-likeness (QED) is 0.387. The van der Waals surface area contributed by atoms with E-state index in [1.807, 2.05) is 36.5 Å². The molecule has 0 saturated carbocycles. The summed E-state index contributed by atoms with van der Waals surface area (Å²) in [5, 5.41) is 3.16. The van der Waals surface area contributed by atoms with Crippen molar-refractivity contribution in [1.82, 2.24) is 4.98 Å². The average molecular weight is 467 g/mol. The predicted octanol–water partition coefficient (Wildman–Crippen LogP) is 3.37. The van der Waals surface area contributed by atoms with Crippen molar-refractivity contribution in [2.75, 3.05) is 30.4 Å². The highest BCUT2D eigenvalue weighted by Gasteiger charge is 2.13. The predicted molar refractivity (Wildman–Crippen MR) is 117 cm³/mol. The molecule has 3 N–H and O–H groups in total. The molecule has 2 heterocycles. The van der Waals surface area contributed by atoms with Gasteiger partial charge >= 0.3 is 0 Å². The molecule has 3 rings (SSSR count). The number of hydrogen-bond acceptors (Lipinski definition) is 4. The Morgan fingerprint density at radius 1 is 1.27 bits per heavy atom. The minimum Gasteiger partial charge on any atom is -0.380 e. The Bertz CT molecular complexity index is 731. The molecule has 26 heavy (non-hydrogen) atoms. The molecule has 140 valence electrons. The van der Waals surface area contributed by atoms with Crippen molar-refractivity contribution in [3.63, 3.8) is 0 Å². The van der Waals surface area contributed by atoms with Gasteiger partial charge in [0.05, 0.1) is 13.2 Å². The molecule has 6 nitrogen and oxygen atoms in total. The molecule has 1 aliphatic heterocycles. The van der Waals surface area contributed by atoms with Crippen LogP contribution in [0.1, 0.15) is 24.0 Å². The zero-order valence-corrected chi connectivity index (χ0v) is 17.3. The number of hydrogen-bond donors (Lipinski definition) is 2. The van der Waals surface area contributed by atoms with Crippen LogP contribution in [0.3, 0.4) is 0 Å². The molecule has 2 aromatic rings. The maximum absolute atomic E-state index is 6.05. The molecule has 0 aliphatic carbocycles. The molecule has 1 saturated heterocycles. The minimum atomic E-state index is 0. The van der Waals surface area contributed by atoms with Crippen LogP contribution in [0, 0.1) is 0 Å². The number of nitrogens with zero attached hydrogens (tertiary/aromatic N) is 3. The molecule has 0 unspecified atom stereocenters. The fourth-order valence-electron chi connectivity index (χ4n) is 2.96. The second-order valence-electron chi connectivity index (χ2n) is 6.13. The third-order valence-electron chi connectivity index (χ3n) is 4.25. The van der Waals surface area contributed by atoms with Crippen molar-refractivity contribution in [2.24, 2.45) is 10.7 Å². The van der Waals surface area contributed by atoms with Crippen molar-refractivity contribution >= 4 is 41.4 Å². The Kier molecular flexibility index (Phi) is 8.11. The van der Waals surface area contributed by atoms with Crippen molar-refractivity contribution in [3.8, 4) is 0 Å². The SMILES string of the molecule is COCc1ccccc1NC(N)=NCc1ccnc(N2CCCC2)c1.I. The van der Waals surface area contributed by atoms with Gasteiger partial charge in [0.15, 0.2) is 5.96 Å². The van der Waals surface area contributed by atoms with Crippen LogP contribution in [-0.4, -0.2) is 31.1 Å². The summed E-state index contributed by atoms with van der Waals surface area (Å²) in [6, 6.07) is 12.0. The molecular weight excluding hydrogens is 441 g/mol. The number of nitrogens with one attached hydrogen (secondary N) is 1. The first-order valence-electron chi connectivity index (χ1n) is 8.60. The topological polar surface area (TPSA) is 75.8 Å². The monoisotopic (exact) mass is 467 g/mol. The summed E-state index contributed by atoms with van der Waals surface area (Å²) in [7, 11) is 1.68. The van der Waals surface area contributed by atoms with Gasteiger partial charge in [0.2, 0.25) is 0 Å². The number of halogens is 1. The Morgan fingerprint density at radius 3 is 2.81 bits per heavy atom. The lowest BCUT2D eigenvalue weighted by Crippen LogP contribution is -2.23. The van der Waals surface area contributed by atoms with Gasteiger partial charge in [0.1, 0.15) is 5.82 Å². The third kappa shape index (κ3) is 5.57. The second-order valence-corrected chi connectivity index (χ2v) is 6.13. The van der Waals surface area contributed by atoms with Crippen molar-refractivity contribution in [3.05, 3.63) is 53.7 Å². The lowest BCUT2D eigenvalue weighted by atomic mass is 10.2. The molecule has 0 atom stereocenters. The van der Waals surface area contributed by atoms with Crippen LogP contribution in [0.5, 0.6) is 0 Å². The van der Waals surface area contributed by atoms with Gasteiger partial charge in [-0.15, -0.1) is 24.0 Å². The number of rotatable bonds is 6. The van der Waals surface area contributed by atoms with E-state index < -0.39 is 0 Å². The van der Waals surface area contributed by atoms with Crippen LogP contribution in [0.4, 0.5) is 11.5 Å². The van der Waals surface area contributed by atoms with E-state index in [0.717, 1.165) is 35.7 Å². The third-order valence-corrected chi connectivity index (χ3v) is 4.25. The number of nitrogens with two attached hydrogens (primary N) is 1. The number of guanidine groups is 1. The lowest BCUT2D eigenvalue weighted by molar-refractivity contribution is 0.185. The normalized spacial score (nSPS) is 14.2. The molecule has 1 aliphatic rings. The Balaban J connectivity index is 0.00000243. The van der Waals surface area contributed by atoms with E-state index in [4.69, 9.17) is 10.5 Å². The minimum absolute atomic E-state index is 0. The standard InChI is InChI=1S/C19H25N5O.HI/c1-25-14-16-6-2-3-7-17(16)23-19(20)22-13-15-8-9-21-18(12-15)24-10-4-5-11-24;/h2-3,6-9,12H,4-5,10-11,13-14H2,1H3,(H3,20,22,23);1H. The van der Waals surface area contributed by atoms with E-state index in [2.05, 4.69) is 26.3 Å². The van der Waals surface area contributed by atoms with Gasteiger partial charge in [-0.05, 0) is 36.6 Å². The van der Waals surface area contributed by atoms with Crippen molar-refractivity contribution in [1.29, 1.82) is 0 Å². The maximum Gasteiger partial charge on any atom is 0.193 e. The summed E-state index contributed by atoms with van der Waals surface area (Å²) in [4.78, 5) is 11.2. The Hall–Kier alpha value is -1.87. The molecule has 1 fully saturated rings. The number of para-hydroxylation sites is 1. The van der Waals surface area contributed by atoms with E-state index >= 15 is 0 Å². The highest BCUT2D eigenvalue weighted by molar-refractivity contribution is 14.0. The first-order valence-corrected chi connectivity index (χ1v) is 8.60. The summed E-state index contributed by atoms with van der Waals surface area (Å²) in [5.41, 5.74) is 9.11. The lowest BCUT2D eigenvalue weighted by Gasteiger charge is -2.16. The van der Waals surface area contributed by atoms with Crippen LogP contribution in [0.15, 0.2) is 47.6 Å². The summed E-state index contributed by atoms with van der Waals surface area (Å²) in [6.07, 6.45) is 4.32. The summed E-state index contributed by atoms with van der Waals surface area (Å²) < 4.78 is 5.21. The van der Waals surface area contributed by atoms with Gasteiger partial charge in [-0.3, -0.25) is 0 Å². The van der Waals surface area contributed by atoms with Crippen LogP contribution in [0.25, 0.3) is 0 Å². The molecule has 7 heteroatoms. The number of ether oxygens (including phenoxy) is 1. The first-order chi connectivity index (χ1) is 12.3. The van der Waals surface area contributed by atoms with E-state index in [-0.39, 0.29) is 24.0 Å². The molecule has 0 amide bonds. The number of benzene rings is 1. The Labute approximate surface area is 171 Å². The van der Waals surface area contributed by atoms with E-state index in [1.165, 1.54) is 12.8 Å². The number of aromatic nitrogens is 1. The fourth-order valence-corrected chi connectivity index (χ4v) is 2.96. The summed E-state index contributed by atoms with van der Waals surface area (Å²) in [5.74, 6) is 1.42. The summed E-state index contributed by atoms with van der Waals surface area (Å²) in [6.45, 7) is 3.22. The molecule has 0 spiro atoms. The largest absolute Gasteiger partial charge is 0.380 e. The molecule has 1 aromatic heterocycles. The molecule has 0 bridgehead atoms. The molecule has 0 radical (unpaired) electrons. The van der Waals surface area contributed by atoms with Gasteiger partial charge in [-0.25, -0.2) is 9.98 Å². The van der Waals surface area contributed by atoms with Crippen LogP contribution in [-0.2, 0) is 17.9 Å². The smallest absolute Gasteiger partial charge is 0.193 e. The van der Waals surface area contributed by atoms with Crippen molar-refractivity contribution in [2.45, 2.75) is 26.0 Å². The average Bonchev–Trinajstić information content (AvgIpc) is 3.17. The van der Waals surface area contributed by atoms with Gasteiger partial charge < -0.3 is 20.7 Å². The van der Waals surface area contributed by atoms with Crippen LogP contribution in [0.2, 0.25) is 0 Å². The van der Waals surface area contributed by atoms with E-state index in [0.29, 0.717) is 19.1 Å². The number of anilines is 2. The Morgan fingerprint density at radius 2 is 2.04 bits per heavy atom. The number of aliphatic imine (C=N–C) groups is 1. The summed E-state index contributed by atoms with van der Waals surface area (Å²) >= 11 is 0.